The van der Waals surface area contributed by atoms with Crippen molar-refractivity contribution >= 4 is 11.6 Å². The van der Waals surface area contributed by atoms with Crippen LogP contribution in [0, 0.1) is 5.92 Å². The molecule has 1 heterocycles. The number of anilines is 1. The van der Waals surface area contributed by atoms with Crippen molar-refractivity contribution in [3.8, 4) is 0 Å². The zero-order chi connectivity index (χ0) is 15.0. The summed E-state index contributed by atoms with van der Waals surface area (Å²) in [5.74, 6) is 0.366. The number of rotatable bonds is 9. The monoisotopic (exact) mass is 280 g/mol. The van der Waals surface area contributed by atoms with Crippen LogP contribution in [0.4, 0.5) is 5.69 Å². The highest BCUT2D eigenvalue weighted by atomic mass is 16.1. The molecule has 5 heteroatoms. The highest BCUT2D eigenvalue weighted by Gasteiger charge is 2.17. The molecule has 0 aliphatic rings. The molecule has 1 aromatic rings. The number of hydrogen-bond donors (Lipinski definition) is 3. The van der Waals surface area contributed by atoms with E-state index in [0.29, 0.717) is 23.8 Å². The van der Waals surface area contributed by atoms with Gasteiger partial charge in [0.1, 0.15) is 0 Å². The van der Waals surface area contributed by atoms with Crippen LogP contribution in [0.5, 0.6) is 0 Å². The number of hydrogen-bond acceptors (Lipinski definition) is 3. The maximum atomic E-state index is 12.1. The molecule has 0 bridgehead atoms. The van der Waals surface area contributed by atoms with E-state index in [1.165, 1.54) is 12.8 Å². The van der Waals surface area contributed by atoms with E-state index in [-0.39, 0.29) is 5.91 Å². The number of carbonyl (C=O) groups is 1. The minimum Gasteiger partial charge on any atom is -0.395 e. The second-order valence-electron chi connectivity index (χ2n) is 5.34. The van der Waals surface area contributed by atoms with E-state index in [1.807, 2.05) is 0 Å². The van der Waals surface area contributed by atoms with E-state index in [2.05, 4.69) is 36.3 Å². The molecule has 20 heavy (non-hydrogen) atoms. The molecule has 0 radical (unpaired) electrons. The molecule has 0 aromatic carbocycles. The Morgan fingerprint density at radius 3 is 2.70 bits per heavy atom. The Morgan fingerprint density at radius 2 is 2.10 bits per heavy atom. The minimum absolute atomic E-state index is 0.170. The number of aryl methyl sites for hydroxylation is 1. The lowest BCUT2D eigenvalue weighted by atomic mass is 9.99. The van der Waals surface area contributed by atoms with Crippen molar-refractivity contribution in [1.29, 1.82) is 0 Å². The Balaban J connectivity index is 2.53. The van der Waals surface area contributed by atoms with Crippen molar-refractivity contribution in [3.63, 3.8) is 0 Å². The molecule has 1 aromatic heterocycles. The van der Waals surface area contributed by atoms with Crippen LogP contribution in [-0.4, -0.2) is 22.6 Å². The minimum atomic E-state index is -0.170. The summed E-state index contributed by atoms with van der Waals surface area (Å²) in [5.41, 5.74) is 7.64. The lowest BCUT2D eigenvalue weighted by molar-refractivity contribution is 0.0941. The number of amides is 1. The highest BCUT2D eigenvalue weighted by molar-refractivity contribution is 5.97. The highest BCUT2D eigenvalue weighted by Crippen LogP contribution is 2.16. The molecule has 0 saturated carbocycles. The van der Waals surface area contributed by atoms with Gasteiger partial charge in [0.05, 0.1) is 11.4 Å². The van der Waals surface area contributed by atoms with Crippen molar-refractivity contribution in [2.75, 3.05) is 12.3 Å². The van der Waals surface area contributed by atoms with Crippen LogP contribution in [0.2, 0.25) is 0 Å². The number of nitrogens with two attached hydrogens (primary N) is 1. The Hall–Kier alpha value is -1.52. The van der Waals surface area contributed by atoms with Crippen molar-refractivity contribution in [2.45, 2.75) is 59.3 Å². The largest absolute Gasteiger partial charge is 0.395 e. The molecule has 1 amide bonds. The third-order valence-electron chi connectivity index (χ3n) is 3.69. The van der Waals surface area contributed by atoms with E-state index >= 15 is 0 Å². The molecule has 0 spiro atoms. The van der Waals surface area contributed by atoms with Crippen molar-refractivity contribution < 1.29 is 4.79 Å². The third kappa shape index (κ3) is 4.54. The number of nitrogen functional groups attached to an aromatic ring is 1. The predicted molar refractivity (Wildman–Crippen MR) is 82.6 cm³/mol. The number of unbranched alkanes of at least 4 members (excludes halogenated alkanes) is 1. The first-order valence-electron chi connectivity index (χ1n) is 7.74. The summed E-state index contributed by atoms with van der Waals surface area (Å²) in [7, 11) is 0. The normalized spacial score (nSPS) is 12.3. The first-order chi connectivity index (χ1) is 9.63. The van der Waals surface area contributed by atoms with Crippen LogP contribution in [0.25, 0.3) is 0 Å². The van der Waals surface area contributed by atoms with E-state index < -0.39 is 0 Å². The summed E-state index contributed by atoms with van der Waals surface area (Å²) < 4.78 is 0. The molecule has 114 valence electrons. The van der Waals surface area contributed by atoms with Gasteiger partial charge < -0.3 is 11.1 Å². The van der Waals surface area contributed by atoms with Crippen LogP contribution in [0.1, 0.15) is 69.1 Å². The van der Waals surface area contributed by atoms with E-state index in [0.717, 1.165) is 31.4 Å². The molecule has 5 nitrogen and oxygen atoms in total. The molecule has 0 aliphatic carbocycles. The number of H-pyrrole nitrogens is 1. The van der Waals surface area contributed by atoms with Crippen molar-refractivity contribution in [2.24, 2.45) is 5.92 Å². The van der Waals surface area contributed by atoms with Crippen LogP contribution in [0.3, 0.4) is 0 Å². The maximum Gasteiger partial charge on any atom is 0.273 e. The first kappa shape index (κ1) is 16.5. The Kier molecular flexibility index (Phi) is 7.12. The summed E-state index contributed by atoms with van der Waals surface area (Å²) in [5, 5.41) is 9.85. The molecule has 1 atom stereocenters. The van der Waals surface area contributed by atoms with Crippen LogP contribution in [0.15, 0.2) is 0 Å². The van der Waals surface area contributed by atoms with Gasteiger partial charge in [-0.25, -0.2) is 0 Å². The number of aromatic amines is 1. The van der Waals surface area contributed by atoms with Gasteiger partial charge in [-0.15, -0.1) is 0 Å². The fourth-order valence-electron chi connectivity index (χ4n) is 2.26. The fourth-order valence-corrected chi connectivity index (χ4v) is 2.26. The number of aromatic nitrogens is 2. The fraction of sp³-hybridized carbons (Fsp3) is 0.733. The molecule has 1 rings (SSSR count). The third-order valence-corrected chi connectivity index (χ3v) is 3.69. The van der Waals surface area contributed by atoms with Gasteiger partial charge in [-0.05, 0) is 18.8 Å². The molecule has 0 fully saturated rings. The van der Waals surface area contributed by atoms with Crippen LogP contribution < -0.4 is 11.1 Å². The zero-order valence-electron chi connectivity index (χ0n) is 13.0. The Labute approximate surface area is 121 Å². The number of carbonyl (C=O) groups excluding carboxylic acids is 1. The second kappa shape index (κ2) is 8.61. The maximum absolute atomic E-state index is 12.1. The van der Waals surface area contributed by atoms with Gasteiger partial charge in [-0.3, -0.25) is 9.89 Å². The van der Waals surface area contributed by atoms with Crippen LogP contribution >= 0.6 is 0 Å². The summed E-state index contributed by atoms with van der Waals surface area (Å²) in [6.45, 7) is 7.12. The molecular formula is C15H28N4O. The second-order valence-corrected chi connectivity index (χ2v) is 5.34. The Bertz CT molecular complexity index is 414. The number of nitrogens with zero attached hydrogens (tertiary/aromatic N) is 1. The quantitative estimate of drug-likeness (QED) is 0.650. The van der Waals surface area contributed by atoms with Crippen LogP contribution in [-0.2, 0) is 6.42 Å². The van der Waals surface area contributed by atoms with Gasteiger partial charge in [-0.1, -0.05) is 46.5 Å². The Morgan fingerprint density at radius 1 is 1.35 bits per heavy atom. The van der Waals surface area contributed by atoms with Crippen molar-refractivity contribution in [1.82, 2.24) is 15.5 Å². The summed E-state index contributed by atoms with van der Waals surface area (Å²) >= 11 is 0. The van der Waals surface area contributed by atoms with E-state index in [1.54, 1.807) is 0 Å². The van der Waals surface area contributed by atoms with Crippen molar-refractivity contribution in [3.05, 3.63) is 11.4 Å². The molecule has 4 N–H and O–H groups in total. The smallest absolute Gasteiger partial charge is 0.273 e. The summed E-state index contributed by atoms with van der Waals surface area (Å²) in [4.78, 5) is 12.1. The summed E-state index contributed by atoms with van der Waals surface area (Å²) in [6, 6.07) is 0. The molecule has 0 aliphatic heterocycles. The van der Waals surface area contributed by atoms with Gasteiger partial charge in [0.25, 0.3) is 5.91 Å². The first-order valence-corrected chi connectivity index (χ1v) is 7.74. The van der Waals surface area contributed by atoms with Gasteiger partial charge in [0.15, 0.2) is 5.69 Å². The lowest BCUT2D eigenvalue weighted by Crippen LogP contribution is -2.30. The van der Waals surface area contributed by atoms with Gasteiger partial charge in [0.2, 0.25) is 0 Å². The van der Waals surface area contributed by atoms with Gasteiger partial charge >= 0.3 is 0 Å². The summed E-state index contributed by atoms with van der Waals surface area (Å²) in [6.07, 6.45) is 6.43. The van der Waals surface area contributed by atoms with E-state index in [9.17, 15) is 4.79 Å². The SMILES string of the molecule is CCCCC(CC)CNC(=O)c1n[nH]c(CCC)c1N. The predicted octanol–water partition coefficient (Wildman–Crippen LogP) is 2.89. The lowest BCUT2D eigenvalue weighted by Gasteiger charge is -2.14. The zero-order valence-corrected chi connectivity index (χ0v) is 13.0. The molecular weight excluding hydrogens is 252 g/mol. The van der Waals surface area contributed by atoms with Gasteiger partial charge in [0, 0.05) is 6.54 Å². The topological polar surface area (TPSA) is 83.8 Å². The standard InChI is InChI=1S/C15H28N4O/c1-4-7-9-11(6-3)10-17-15(20)14-13(16)12(8-5-2)18-19-14/h11H,4-10,16H2,1-3H3,(H,17,20)(H,18,19). The van der Waals surface area contributed by atoms with E-state index in [4.69, 9.17) is 5.73 Å². The molecule has 1 unspecified atom stereocenters. The number of nitrogens with one attached hydrogen (secondary N) is 2. The molecule has 0 saturated heterocycles. The van der Waals surface area contributed by atoms with Gasteiger partial charge in [-0.2, -0.15) is 5.10 Å². The average Bonchev–Trinajstić information content (AvgIpc) is 2.81. The average molecular weight is 280 g/mol.